The number of aliphatic hydroxyl groups is 1. The minimum Gasteiger partial charge on any atom is -0.457 e. The van der Waals surface area contributed by atoms with Crippen LogP contribution in [0.25, 0.3) is 0 Å². The van der Waals surface area contributed by atoms with Gasteiger partial charge in [0.25, 0.3) is 0 Å². The lowest BCUT2D eigenvalue weighted by atomic mass is 10.1. The summed E-state index contributed by atoms with van der Waals surface area (Å²) in [5, 5.41) is 10.0. The first kappa shape index (κ1) is 12.9. The van der Waals surface area contributed by atoms with E-state index in [1.54, 1.807) is 6.07 Å². The van der Waals surface area contributed by atoms with E-state index in [0.717, 1.165) is 22.4 Å². The first-order chi connectivity index (χ1) is 8.60. The Labute approximate surface area is 112 Å². The van der Waals surface area contributed by atoms with E-state index in [2.05, 4.69) is 0 Å². The molecular weight excluding hydrogens is 248 g/mol. The average molecular weight is 263 g/mol. The summed E-state index contributed by atoms with van der Waals surface area (Å²) in [4.78, 5) is 0. The molecule has 2 rings (SSSR count). The maximum atomic E-state index is 9.32. The molecule has 0 radical (unpaired) electrons. The second-order valence-electron chi connectivity index (χ2n) is 4.28. The molecule has 2 nitrogen and oxygen atoms in total. The van der Waals surface area contributed by atoms with Gasteiger partial charge < -0.3 is 9.84 Å². The monoisotopic (exact) mass is 262 g/mol. The van der Waals surface area contributed by atoms with E-state index >= 15 is 0 Å². The Kier molecular flexibility index (Phi) is 3.90. The van der Waals surface area contributed by atoms with Gasteiger partial charge in [-0.05, 0) is 43.7 Å². The van der Waals surface area contributed by atoms with E-state index in [9.17, 15) is 5.11 Å². The molecule has 94 valence electrons. The number of benzene rings is 2. The predicted octanol–water partition coefficient (Wildman–Crippen LogP) is 4.24. The van der Waals surface area contributed by atoms with Crippen LogP contribution in [0.2, 0.25) is 5.02 Å². The van der Waals surface area contributed by atoms with Gasteiger partial charge in [-0.3, -0.25) is 0 Å². The highest BCUT2D eigenvalue weighted by atomic mass is 35.5. The molecule has 0 heterocycles. The predicted molar refractivity (Wildman–Crippen MR) is 73.4 cm³/mol. The topological polar surface area (TPSA) is 29.5 Å². The molecule has 2 aromatic carbocycles. The Balaban J connectivity index is 2.30. The van der Waals surface area contributed by atoms with Crippen molar-refractivity contribution < 1.29 is 9.84 Å². The van der Waals surface area contributed by atoms with Crippen LogP contribution < -0.4 is 4.74 Å². The van der Waals surface area contributed by atoms with Gasteiger partial charge in [-0.25, -0.2) is 0 Å². The third-order valence-corrected chi connectivity index (χ3v) is 3.17. The van der Waals surface area contributed by atoms with Gasteiger partial charge in [0.15, 0.2) is 0 Å². The smallest absolute Gasteiger partial charge is 0.132 e. The van der Waals surface area contributed by atoms with Gasteiger partial charge in [0, 0.05) is 10.6 Å². The highest BCUT2D eigenvalue weighted by Gasteiger charge is 2.05. The summed E-state index contributed by atoms with van der Waals surface area (Å²) >= 11 is 5.97. The number of hydrogen-bond donors (Lipinski definition) is 1. The zero-order valence-corrected chi connectivity index (χ0v) is 11.2. The minimum absolute atomic E-state index is 0.0381. The maximum absolute atomic E-state index is 9.32. The minimum atomic E-state index is -0.0381. The van der Waals surface area contributed by atoms with Gasteiger partial charge in [0.2, 0.25) is 0 Å². The van der Waals surface area contributed by atoms with Crippen molar-refractivity contribution in [2.24, 2.45) is 0 Å². The van der Waals surface area contributed by atoms with E-state index in [1.165, 1.54) is 0 Å². The fourth-order valence-corrected chi connectivity index (χ4v) is 1.86. The van der Waals surface area contributed by atoms with Crippen molar-refractivity contribution in [3.05, 3.63) is 58.1 Å². The number of aliphatic hydroxyl groups excluding tert-OH is 1. The fourth-order valence-electron chi connectivity index (χ4n) is 1.74. The molecule has 0 saturated carbocycles. The Bertz CT molecular complexity index is 564. The third kappa shape index (κ3) is 2.84. The highest BCUT2D eigenvalue weighted by Crippen LogP contribution is 2.28. The highest BCUT2D eigenvalue weighted by molar-refractivity contribution is 6.31. The molecule has 1 N–H and O–H groups in total. The summed E-state index contributed by atoms with van der Waals surface area (Å²) < 4.78 is 5.77. The molecule has 0 amide bonds. The molecule has 0 spiro atoms. The SMILES string of the molecule is Cc1ccc(Oc2ccc(Cl)c(C)c2)c(CO)c1. The fraction of sp³-hybridized carbons (Fsp3) is 0.200. The van der Waals surface area contributed by atoms with E-state index < -0.39 is 0 Å². The molecule has 0 atom stereocenters. The van der Waals surface area contributed by atoms with Crippen molar-refractivity contribution in [3.8, 4) is 11.5 Å². The average Bonchev–Trinajstić information content (AvgIpc) is 2.36. The van der Waals surface area contributed by atoms with Crippen LogP contribution in [0.1, 0.15) is 16.7 Å². The van der Waals surface area contributed by atoms with Crippen LogP contribution in [-0.2, 0) is 6.61 Å². The van der Waals surface area contributed by atoms with Crippen molar-refractivity contribution in [2.45, 2.75) is 20.5 Å². The van der Waals surface area contributed by atoms with Crippen molar-refractivity contribution in [1.82, 2.24) is 0 Å². The summed E-state index contributed by atoms with van der Waals surface area (Å²) in [5.74, 6) is 1.39. The molecule has 0 saturated heterocycles. The molecular formula is C15H15ClO2. The number of aryl methyl sites for hydroxylation is 2. The van der Waals surface area contributed by atoms with Gasteiger partial charge in [0.05, 0.1) is 6.61 Å². The normalized spacial score (nSPS) is 10.4. The number of halogens is 1. The zero-order chi connectivity index (χ0) is 13.1. The Hall–Kier alpha value is -1.51. The number of ether oxygens (including phenoxy) is 1. The summed E-state index contributed by atoms with van der Waals surface area (Å²) in [7, 11) is 0. The first-order valence-corrected chi connectivity index (χ1v) is 6.12. The molecule has 0 aliphatic carbocycles. The van der Waals surface area contributed by atoms with Gasteiger partial charge in [0.1, 0.15) is 11.5 Å². The summed E-state index contributed by atoms with van der Waals surface area (Å²) in [6.45, 7) is 3.87. The first-order valence-electron chi connectivity index (χ1n) is 5.74. The van der Waals surface area contributed by atoms with Crippen molar-refractivity contribution in [1.29, 1.82) is 0 Å². The maximum Gasteiger partial charge on any atom is 0.132 e. The molecule has 0 aliphatic rings. The molecule has 0 fully saturated rings. The van der Waals surface area contributed by atoms with E-state index in [1.807, 2.05) is 44.2 Å². The van der Waals surface area contributed by atoms with Gasteiger partial charge in [-0.2, -0.15) is 0 Å². The lowest BCUT2D eigenvalue weighted by Gasteiger charge is -2.11. The second kappa shape index (κ2) is 5.42. The summed E-state index contributed by atoms with van der Waals surface area (Å²) in [5.41, 5.74) is 2.84. The third-order valence-electron chi connectivity index (χ3n) is 2.74. The lowest BCUT2D eigenvalue weighted by Crippen LogP contribution is -1.93. The van der Waals surface area contributed by atoms with Crippen LogP contribution in [0.3, 0.4) is 0 Å². The molecule has 2 aromatic rings. The van der Waals surface area contributed by atoms with Gasteiger partial charge in [-0.15, -0.1) is 0 Å². The van der Waals surface area contributed by atoms with Crippen LogP contribution in [-0.4, -0.2) is 5.11 Å². The summed E-state index contributed by atoms with van der Waals surface area (Å²) in [6.07, 6.45) is 0. The second-order valence-corrected chi connectivity index (χ2v) is 4.69. The molecule has 18 heavy (non-hydrogen) atoms. The molecule has 0 aromatic heterocycles. The van der Waals surface area contributed by atoms with Crippen molar-refractivity contribution in [3.63, 3.8) is 0 Å². The number of rotatable bonds is 3. The van der Waals surface area contributed by atoms with Gasteiger partial charge in [-0.1, -0.05) is 29.3 Å². The van der Waals surface area contributed by atoms with Crippen molar-refractivity contribution in [2.75, 3.05) is 0 Å². The van der Waals surface area contributed by atoms with Crippen LogP contribution in [0.15, 0.2) is 36.4 Å². The molecule has 0 unspecified atom stereocenters. The largest absolute Gasteiger partial charge is 0.457 e. The molecule has 0 bridgehead atoms. The van der Waals surface area contributed by atoms with Crippen molar-refractivity contribution >= 4 is 11.6 Å². The van der Waals surface area contributed by atoms with Gasteiger partial charge >= 0.3 is 0 Å². The van der Waals surface area contributed by atoms with E-state index in [0.29, 0.717) is 10.8 Å². The van der Waals surface area contributed by atoms with E-state index in [-0.39, 0.29) is 6.61 Å². The van der Waals surface area contributed by atoms with E-state index in [4.69, 9.17) is 16.3 Å². The van der Waals surface area contributed by atoms with Crippen LogP contribution in [0.4, 0.5) is 0 Å². The quantitative estimate of drug-likeness (QED) is 0.896. The van der Waals surface area contributed by atoms with Crippen LogP contribution in [0, 0.1) is 13.8 Å². The van der Waals surface area contributed by atoms with Crippen LogP contribution in [0.5, 0.6) is 11.5 Å². The molecule has 3 heteroatoms. The zero-order valence-electron chi connectivity index (χ0n) is 10.4. The standard InChI is InChI=1S/C15H15ClO2/c1-10-3-6-15(12(7-10)9-17)18-13-4-5-14(16)11(2)8-13/h3-8,17H,9H2,1-2H3. The number of hydrogen-bond acceptors (Lipinski definition) is 2. The Morgan fingerprint density at radius 1 is 1.11 bits per heavy atom. The lowest BCUT2D eigenvalue weighted by molar-refractivity contribution is 0.276. The Morgan fingerprint density at radius 3 is 2.56 bits per heavy atom. The van der Waals surface area contributed by atoms with Crippen LogP contribution >= 0.6 is 11.6 Å². The summed E-state index contributed by atoms with van der Waals surface area (Å²) in [6, 6.07) is 11.2. The Morgan fingerprint density at radius 2 is 1.89 bits per heavy atom. The molecule has 0 aliphatic heterocycles.